The molecule has 0 amide bonds. The Bertz CT molecular complexity index is 335. The zero-order valence-corrected chi connectivity index (χ0v) is 10.4. The van der Waals surface area contributed by atoms with Gasteiger partial charge in [0.05, 0.1) is 0 Å². The van der Waals surface area contributed by atoms with Gasteiger partial charge in [-0.1, -0.05) is 35.9 Å². The molecule has 1 unspecified atom stereocenters. The summed E-state index contributed by atoms with van der Waals surface area (Å²) in [6, 6.07) is 11.2. The van der Waals surface area contributed by atoms with Crippen LogP contribution in [0.25, 0.3) is 0 Å². The van der Waals surface area contributed by atoms with E-state index in [1.54, 1.807) is 0 Å². The van der Waals surface area contributed by atoms with Gasteiger partial charge in [-0.05, 0) is 5.92 Å². The summed E-state index contributed by atoms with van der Waals surface area (Å²) in [5.74, 6) is 0.256. The number of halogens is 1. The molecule has 1 aromatic carbocycles. The van der Waals surface area contributed by atoms with Gasteiger partial charge in [-0.25, -0.2) is 12.2 Å². The van der Waals surface area contributed by atoms with Crippen LogP contribution < -0.4 is 5.73 Å². The van der Waals surface area contributed by atoms with Gasteiger partial charge in [0.1, 0.15) is 0 Å². The zero-order valence-electron chi connectivity index (χ0n) is 8.05. The normalized spacial score (nSPS) is 18.4. The first-order chi connectivity index (χ1) is 7.38. The Morgan fingerprint density at radius 3 is 2.40 bits per heavy atom. The Balaban J connectivity index is 0.000000531. The van der Waals surface area contributed by atoms with Crippen LogP contribution in [0.1, 0.15) is 11.5 Å². The fourth-order valence-corrected chi connectivity index (χ4v) is 1.52. The van der Waals surface area contributed by atoms with Crippen molar-refractivity contribution >= 4 is 9.53 Å². The molecule has 0 radical (unpaired) electrons. The number of rotatable bonds is 1. The van der Waals surface area contributed by atoms with E-state index in [4.69, 9.17) is 5.73 Å². The van der Waals surface area contributed by atoms with Gasteiger partial charge in [0.25, 0.3) is 0 Å². The van der Waals surface area contributed by atoms with Crippen molar-refractivity contribution in [2.75, 3.05) is 0 Å². The van der Waals surface area contributed by atoms with Crippen LogP contribution in [-0.4, -0.2) is 0 Å². The van der Waals surface area contributed by atoms with E-state index >= 15 is 0 Å². The minimum absolute atomic E-state index is 0.256. The monoisotopic (exact) mass is 311 g/mol. The molecule has 0 saturated heterocycles. The molecule has 1 aromatic rings. The van der Waals surface area contributed by atoms with Gasteiger partial charge in [-0.2, -0.15) is 0 Å². The van der Waals surface area contributed by atoms with Crippen molar-refractivity contribution in [2.24, 2.45) is 5.73 Å². The zero-order chi connectivity index (χ0) is 11.1. The molecular weight excluding hydrogens is 300 g/mol. The third-order valence-corrected chi connectivity index (χ3v) is 2.22. The second-order valence-electron chi connectivity index (χ2n) is 3.13. The predicted molar refractivity (Wildman–Crippen MR) is 60.7 cm³/mol. The second-order valence-corrected chi connectivity index (χ2v) is 3.13. The molecule has 82 valence electrons. The Kier molecular flexibility index (Phi) is 5.75. The van der Waals surface area contributed by atoms with Crippen LogP contribution in [0, 0.1) is 6.04 Å². The number of hydrogen-bond donors (Lipinski definition) is 1. The van der Waals surface area contributed by atoms with E-state index in [1.165, 1.54) is 5.56 Å². The molecular formula is C12H12ClNPd. The Morgan fingerprint density at radius 1 is 1.13 bits per heavy atom. The number of allylic oxidation sites excluding steroid dienone is 2. The average molecular weight is 312 g/mol. The molecule has 1 nitrogen and oxygen atoms in total. The maximum atomic E-state index is 5.89. The third-order valence-electron chi connectivity index (χ3n) is 2.22. The van der Waals surface area contributed by atoms with Crippen molar-refractivity contribution in [2.45, 2.75) is 5.92 Å². The first-order valence-corrected chi connectivity index (χ1v) is 6.52. The van der Waals surface area contributed by atoms with E-state index < -0.39 is 0 Å². The van der Waals surface area contributed by atoms with Crippen LogP contribution in [0.3, 0.4) is 0 Å². The Hall–Kier alpha value is -0.518. The van der Waals surface area contributed by atoms with Crippen LogP contribution in [0.5, 0.6) is 0 Å². The summed E-state index contributed by atoms with van der Waals surface area (Å²) in [5.41, 5.74) is 7.14. The van der Waals surface area contributed by atoms with E-state index in [1.807, 2.05) is 36.4 Å². The van der Waals surface area contributed by atoms with Crippen molar-refractivity contribution in [3.8, 4) is 0 Å². The summed E-state index contributed by atoms with van der Waals surface area (Å²) in [5, 5.41) is 0. The van der Waals surface area contributed by atoms with E-state index in [-0.39, 0.29) is 5.92 Å². The van der Waals surface area contributed by atoms with E-state index in [0.717, 1.165) is 6.04 Å². The van der Waals surface area contributed by atoms with Crippen LogP contribution in [0.4, 0.5) is 0 Å². The van der Waals surface area contributed by atoms with Crippen LogP contribution in [0.2, 0.25) is 0 Å². The molecule has 1 aliphatic carbocycles. The van der Waals surface area contributed by atoms with Crippen molar-refractivity contribution in [3.63, 3.8) is 0 Å². The van der Waals surface area contributed by atoms with Crippen molar-refractivity contribution in [1.29, 1.82) is 0 Å². The molecule has 0 aromatic heterocycles. The summed E-state index contributed by atoms with van der Waals surface area (Å²) >= 11 is 2.22. The maximum absolute atomic E-state index is 5.89. The average Bonchev–Trinajstić information content (AvgIpc) is 2.33. The predicted octanol–water partition coefficient (Wildman–Crippen LogP) is 3.07. The van der Waals surface area contributed by atoms with Gasteiger partial charge in [-0.15, -0.1) is 18.2 Å². The van der Waals surface area contributed by atoms with Gasteiger partial charge >= 0.3 is 27.7 Å². The quantitative estimate of drug-likeness (QED) is 0.626. The standard InChI is InChI=1S/C12H12N.ClH.Pd/c13-12-9-5-4-8-11(12)10-6-2-1-3-7-10;;/h1-9,11H,13H2;1H;/q-1;;+2/p-1. The van der Waals surface area contributed by atoms with Gasteiger partial charge in [0, 0.05) is 0 Å². The molecule has 1 atom stereocenters. The van der Waals surface area contributed by atoms with Crippen LogP contribution in [-0.2, 0) is 18.2 Å². The van der Waals surface area contributed by atoms with Crippen molar-refractivity contribution < 1.29 is 18.2 Å². The fourth-order valence-electron chi connectivity index (χ4n) is 1.52. The third kappa shape index (κ3) is 3.52. The van der Waals surface area contributed by atoms with E-state index in [0.29, 0.717) is 0 Å². The van der Waals surface area contributed by atoms with Gasteiger partial charge in [0.2, 0.25) is 0 Å². The molecule has 0 fully saturated rings. The van der Waals surface area contributed by atoms with Gasteiger partial charge in [0.15, 0.2) is 0 Å². The molecule has 2 N–H and O–H groups in total. The SMILES string of the molecule is N[C-]1C=CC=CC1c1ccccc1.[Cl][Pd+]. The minimum atomic E-state index is 0.256. The first kappa shape index (κ1) is 12.6. The molecule has 3 heteroatoms. The summed E-state index contributed by atoms with van der Waals surface area (Å²) in [4.78, 5) is 0. The van der Waals surface area contributed by atoms with Crippen LogP contribution in [0.15, 0.2) is 54.6 Å². The summed E-state index contributed by atoms with van der Waals surface area (Å²) in [6.45, 7) is 0. The summed E-state index contributed by atoms with van der Waals surface area (Å²) < 4.78 is 0. The topological polar surface area (TPSA) is 26.0 Å². The molecule has 0 spiro atoms. The van der Waals surface area contributed by atoms with Crippen LogP contribution >= 0.6 is 9.53 Å². The summed E-state index contributed by atoms with van der Waals surface area (Å²) in [6.07, 6.45) is 8.07. The Morgan fingerprint density at radius 2 is 1.80 bits per heavy atom. The molecule has 1 aliphatic rings. The second kappa shape index (κ2) is 6.87. The first-order valence-electron chi connectivity index (χ1n) is 4.52. The van der Waals surface area contributed by atoms with Crippen molar-refractivity contribution in [1.82, 2.24) is 0 Å². The molecule has 0 aliphatic heterocycles. The van der Waals surface area contributed by atoms with Gasteiger partial charge < -0.3 is 5.73 Å². The van der Waals surface area contributed by atoms with E-state index in [2.05, 4.69) is 45.9 Å². The Labute approximate surface area is 105 Å². The fraction of sp³-hybridized carbons (Fsp3) is 0.0833. The molecule has 15 heavy (non-hydrogen) atoms. The molecule has 0 saturated carbocycles. The number of hydrogen-bond acceptors (Lipinski definition) is 1. The number of nitrogens with two attached hydrogens (primary N) is 1. The summed E-state index contributed by atoms with van der Waals surface area (Å²) in [7, 11) is 4.49. The molecule has 0 bridgehead atoms. The van der Waals surface area contributed by atoms with Gasteiger partial charge in [-0.3, -0.25) is 0 Å². The number of benzene rings is 1. The van der Waals surface area contributed by atoms with Crippen molar-refractivity contribution in [3.05, 3.63) is 66.2 Å². The van der Waals surface area contributed by atoms with E-state index in [9.17, 15) is 0 Å². The molecule has 2 rings (SSSR count). The molecule has 0 heterocycles.